The number of furan rings is 1. The van der Waals surface area contributed by atoms with Gasteiger partial charge in [0.15, 0.2) is 5.76 Å². The number of carbonyl (C=O) groups excluding carboxylic acids is 1. The number of hydrogen-bond acceptors (Lipinski definition) is 3. The molecule has 1 aromatic heterocycles. The number of aryl methyl sites for hydroxylation is 2. The van der Waals surface area contributed by atoms with E-state index >= 15 is 0 Å². The zero-order valence-electron chi connectivity index (χ0n) is 11.3. The number of rotatable bonds is 3. The first kappa shape index (κ1) is 12.7. The molecule has 5 heteroatoms. The molecule has 0 bridgehead atoms. The van der Waals surface area contributed by atoms with Crippen LogP contribution >= 0.6 is 0 Å². The van der Waals surface area contributed by atoms with Gasteiger partial charge in [0.25, 0.3) is 5.91 Å². The van der Waals surface area contributed by atoms with E-state index in [-0.39, 0.29) is 5.76 Å². The van der Waals surface area contributed by atoms with Gasteiger partial charge in [0, 0.05) is 5.39 Å². The summed E-state index contributed by atoms with van der Waals surface area (Å²) in [5.74, 6) is -1.32. The Hall–Kier alpha value is -2.30. The highest BCUT2D eigenvalue weighted by molar-refractivity contribution is 6.00. The summed E-state index contributed by atoms with van der Waals surface area (Å²) in [5.41, 5.74) is 1.75. The maximum atomic E-state index is 12.1. The first-order chi connectivity index (χ1) is 9.41. The molecule has 1 amide bonds. The second-order valence-electron chi connectivity index (χ2n) is 5.43. The number of carbonyl (C=O) groups is 2. The Bertz CT molecular complexity index is 686. The Morgan fingerprint density at radius 2 is 1.85 bits per heavy atom. The minimum absolute atomic E-state index is 0.150. The van der Waals surface area contributed by atoms with Crippen molar-refractivity contribution in [1.82, 2.24) is 5.32 Å². The van der Waals surface area contributed by atoms with Gasteiger partial charge in [-0.2, -0.15) is 0 Å². The lowest BCUT2D eigenvalue weighted by molar-refractivity contribution is -0.140. The third kappa shape index (κ3) is 1.95. The van der Waals surface area contributed by atoms with E-state index in [1.807, 2.05) is 26.0 Å². The molecule has 0 saturated heterocycles. The van der Waals surface area contributed by atoms with Gasteiger partial charge in [-0.25, -0.2) is 4.79 Å². The van der Waals surface area contributed by atoms with Gasteiger partial charge in [-0.15, -0.1) is 0 Å². The van der Waals surface area contributed by atoms with Crippen LogP contribution in [0.3, 0.4) is 0 Å². The molecule has 2 N–H and O–H groups in total. The second-order valence-corrected chi connectivity index (χ2v) is 5.43. The molecule has 5 nitrogen and oxygen atoms in total. The molecule has 0 spiro atoms. The number of aliphatic carboxylic acids is 1. The highest BCUT2D eigenvalue weighted by Gasteiger charge is 2.52. The predicted octanol–water partition coefficient (Wildman–Crippen LogP) is 2.40. The summed E-state index contributed by atoms with van der Waals surface area (Å²) < 4.78 is 5.51. The fourth-order valence-corrected chi connectivity index (χ4v) is 2.21. The van der Waals surface area contributed by atoms with Crippen LogP contribution in [0, 0.1) is 13.8 Å². The van der Waals surface area contributed by atoms with Crippen molar-refractivity contribution in [3.05, 3.63) is 35.1 Å². The van der Waals surface area contributed by atoms with Gasteiger partial charge in [0.2, 0.25) is 0 Å². The Labute approximate surface area is 115 Å². The van der Waals surface area contributed by atoms with Crippen molar-refractivity contribution in [2.24, 2.45) is 0 Å². The fourth-order valence-electron chi connectivity index (χ4n) is 2.21. The molecule has 1 aromatic carbocycles. The Morgan fingerprint density at radius 3 is 2.45 bits per heavy atom. The van der Waals surface area contributed by atoms with Crippen molar-refractivity contribution < 1.29 is 19.1 Å². The predicted molar refractivity (Wildman–Crippen MR) is 72.8 cm³/mol. The van der Waals surface area contributed by atoms with Gasteiger partial charge in [-0.3, -0.25) is 4.79 Å². The third-order valence-corrected chi connectivity index (χ3v) is 3.87. The summed E-state index contributed by atoms with van der Waals surface area (Å²) in [6.45, 7) is 3.96. The van der Waals surface area contributed by atoms with E-state index in [1.54, 1.807) is 6.07 Å². The summed E-state index contributed by atoms with van der Waals surface area (Å²) in [6.07, 6.45) is 0.930. The van der Waals surface area contributed by atoms with Gasteiger partial charge < -0.3 is 14.8 Å². The second kappa shape index (κ2) is 4.10. The van der Waals surface area contributed by atoms with Crippen LogP contribution < -0.4 is 5.32 Å². The Morgan fingerprint density at radius 1 is 1.20 bits per heavy atom. The summed E-state index contributed by atoms with van der Waals surface area (Å²) >= 11 is 0. The first-order valence-electron chi connectivity index (χ1n) is 6.48. The number of nitrogens with one attached hydrogen (secondary N) is 1. The van der Waals surface area contributed by atoms with Crippen LogP contribution in [0.2, 0.25) is 0 Å². The zero-order valence-corrected chi connectivity index (χ0v) is 11.3. The van der Waals surface area contributed by atoms with Crippen LogP contribution in [0.1, 0.15) is 34.5 Å². The van der Waals surface area contributed by atoms with Gasteiger partial charge >= 0.3 is 5.97 Å². The van der Waals surface area contributed by atoms with Crippen molar-refractivity contribution in [2.45, 2.75) is 32.2 Å². The molecule has 20 heavy (non-hydrogen) atoms. The lowest BCUT2D eigenvalue weighted by atomic mass is 10.1. The third-order valence-electron chi connectivity index (χ3n) is 3.87. The molecule has 0 unspecified atom stereocenters. The largest absolute Gasteiger partial charge is 0.480 e. The number of carboxylic acid groups (broad SMARTS) is 1. The maximum absolute atomic E-state index is 12.1. The van der Waals surface area contributed by atoms with E-state index in [2.05, 4.69) is 5.32 Å². The summed E-state index contributed by atoms with van der Waals surface area (Å²) in [7, 11) is 0. The van der Waals surface area contributed by atoms with Gasteiger partial charge in [-0.1, -0.05) is 0 Å². The molecule has 104 valence electrons. The van der Waals surface area contributed by atoms with E-state index < -0.39 is 17.4 Å². The fraction of sp³-hybridized carbons (Fsp3) is 0.333. The minimum atomic E-state index is -1.10. The SMILES string of the molecule is Cc1cc2cc(C(=O)NC3(C(=O)O)CC3)oc2cc1C. The van der Waals surface area contributed by atoms with Crippen molar-refractivity contribution >= 4 is 22.8 Å². The molecular weight excluding hydrogens is 258 g/mol. The monoisotopic (exact) mass is 273 g/mol. The van der Waals surface area contributed by atoms with Crippen molar-refractivity contribution in [3.63, 3.8) is 0 Å². The molecule has 2 aromatic rings. The van der Waals surface area contributed by atoms with Crippen LogP contribution in [0.4, 0.5) is 0 Å². The van der Waals surface area contributed by atoms with Crippen molar-refractivity contribution in [3.8, 4) is 0 Å². The standard InChI is InChI=1S/C15H15NO4/c1-8-5-10-7-12(20-11(10)6-9(8)2)13(17)16-15(3-4-15)14(18)19/h5-7H,3-4H2,1-2H3,(H,16,17)(H,18,19). The van der Waals surface area contributed by atoms with Gasteiger partial charge in [0.05, 0.1) is 0 Å². The number of amides is 1. The maximum Gasteiger partial charge on any atom is 0.329 e. The number of carboxylic acids is 1. The van der Waals surface area contributed by atoms with E-state index in [4.69, 9.17) is 9.52 Å². The normalized spacial score (nSPS) is 16.1. The van der Waals surface area contributed by atoms with Gasteiger partial charge in [-0.05, 0) is 56.0 Å². The molecule has 0 aliphatic heterocycles. The first-order valence-corrected chi connectivity index (χ1v) is 6.48. The lowest BCUT2D eigenvalue weighted by Gasteiger charge is -2.10. The van der Waals surface area contributed by atoms with E-state index in [0.29, 0.717) is 18.4 Å². The summed E-state index contributed by atoms with van der Waals surface area (Å²) in [5, 5.41) is 12.5. The van der Waals surface area contributed by atoms with Gasteiger partial charge in [0.1, 0.15) is 11.1 Å². The Kier molecular flexibility index (Phi) is 2.61. The molecule has 1 aliphatic rings. The summed E-state index contributed by atoms with van der Waals surface area (Å²) in [6, 6.07) is 5.48. The average Bonchev–Trinajstić information content (AvgIpc) is 3.05. The Balaban J connectivity index is 1.91. The van der Waals surface area contributed by atoms with E-state index in [0.717, 1.165) is 16.5 Å². The zero-order chi connectivity index (χ0) is 14.5. The quantitative estimate of drug-likeness (QED) is 0.900. The highest BCUT2D eigenvalue weighted by Crippen LogP contribution is 2.36. The van der Waals surface area contributed by atoms with Crippen LogP contribution in [0.5, 0.6) is 0 Å². The molecular formula is C15H15NO4. The molecule has 1 saturated carbocycles. The van der Waals surface area contributed by atoms with Crippen LogP contribution in [0.15, 0.2) is 22.6 Å². The number of fused-ring (bicyclic) bond motifs is 1. The highest BCUT2D eigenvalue weighted by atomic mass is 16.4. The molecule has 0 atom stereocenters. The van der Waals surface area contributed by atoms with Crippen LogP contribution in [-0.4, -0.2) is 22.5 Å². The van der Waals surface area contributed by atoms with Crippen LogP contribution in [0.25, 0.3) is 11.0 Å². The molecule has 0 radical (unpaired) electrons. The molecule has 1 fully saturated rings. The molecule has 1 heterocycles. The van der Waals surface area contributed by atoms with Crippen molar-refractivity contribution in [1.29, 1.82) is 0 Å². The van der Waals surface area contributed by atoms with E-state index in [1.165, 1.54) is 0 Å². The molecule has 1 aliphatic carbocycles. The average molecular weight is 273 g/mol. The van der Waals surface area contributed by atoms with Crippen molar-refractivity contribution in [2.75, 3.05) is 0 Å². The number of benzene rings is 1. The lowest BCUT2D eigenvalue weighted by Crippen LogP contribution is -2.42. The number of hydrogen-bond donors (Lipinski definition) is 2. The van der Waals surface area contributed by atoms with E-state index in [9.17, 15) is 9.59 Å². The molecule has 3 rings (SSSR count). The summed E-state index contributed by atoms with van der Waals surface area (Å²) in [4.78, 5) is 23.1. The van der Waals surface area contributed by atoms with Crippen LogP contribution in [-0.2, 0) is 4.79 Å². The minimum Gasteiger partial charge on any atom is -0.480 e. The topological polar surface area (TPSA) is 79.5 Å². The smallest absolute Gasteiger partial charge is 0.329 e.